The summed E-state index contributed by atoms with van der Waals surface area (Å²) in [6.45, 7) is 3.95. The van der Waals surface area contributed by atoms with Gasteiger partial charge in [-0.1, -0.05) is 29.8 Å². The second-order valence-corrected chi connectivity index (χ2v) is 11.8. The highest BCUT2D eigenvalue weighted by Crippen LogP contribution is 2.36. The van der Waals surface area contributed by atoms with Crippen LogP contribution in [0.5, 0.6) is 17.2 Å². The Morgan fingerprint density at radius 2 is 1.87 bits per heavy atom. The molecule has 0 unspecified atom stereocenters. The molecule has 0 radical (unpaired) electrons. The van der Waals surface area contributed by atoms with Gasteiger partial charge in [-0.05, 0) is 98.8 Å². The lowest BCUT2D eigenvalue weighted by atomic mass is 9.95. The Morgan fingerprint density at radius 1 is 1.11 bits per heavy atom. The number of halogens is 3. The first kappa shape index (κ1) is 34.1. The van der Waals surface area contributed by atoms with Gasteiger partial charge in [-0.25, -0.2) is 9.59 Å². The Hall–Kier alpha value is -3.78. The third kappa shape index (κ3) is 9.13. The molecule has 2 amide bonds. The van der Waals surface area contributed by atoms with Gasteiger partial charge in [-0.15, -0.1) is 0 Å². The Labute approximate surface area is 282 Å². The molecular weight excluding hydrogens is 736 g/mol. The number of carbonyl (C=O) groups excluding carboxylic acids is 2. The third-order valence-corrected chi connectivity index (χ3v) is 7.82. The van der Waals surface area contributed by atoms with Gasteiger partial charge in [-0.2, -0.15) is 5.10 Å². The molecule has 0 aliphatic carbocycles. The molecule has 3 aromatic rings. The molecule has 14 heteroatoms. The van der Waals surface area contributed by atoms with Gasteiger partial charge in [-0.3, -0.25) is 5.43 Å². The first-order chi connectivity index (χ1) is 21.6. The van der Waals surface area contributed by atoms with Gasteiger partial charge in [0, 0.05) is 10.7 Å². The van der Waals surface area contributed by atoms with Crippen LogP contribution in [-0.4, -0.2) is 49.9 Å². The summed E-state index contributed by atoms with van der Waals surface area (Å²) in [5, 5.41) is 20.5. The molecule has 0 spiro atoms. The number of carbonyl (C=O) groups is 2. The van der Waals surface area contributed by atoms with Gasteiger partial charge in [0.25, 0.3) is 0 Å². The number of nitrogens with zero attached hydrogens (tertiary/aromatic N) is 1. The zero-order chi connectivity index (χ0) is 32.5. The van der Waals surface area contributed by atoms with E-state index in [0.717, 1.165) is 11.1 Å². The van der Waals surface area contributed by atoms with Crippen LogP contribution in [0.1, 0.15) is 36.6 Å². The second-order valence-electron chi connectivity index (χ2n) is 9.65. The SMILES string of the molecule is CCOc1cc([C@@H]2NC(=O)NC(C)=C2C(=O)OC)ccc1OC[C@H](O)N/N=C/c1cc(Br)c(OCc2cccc(Cl)c2)c(Br)c1. The minimum Gasteiger partial charge on any atom is -0.490 e. The summed E-state index contributed by atoms with van der Waals surface area (Å²) in [5.74, 6) is 0.774. The summed E-state index contributed by atoms with van der Waals surface area (Å²) in [4.78, 5) is 24.6. The fourth-order valence-electron chi connectivity index (χ4n) is 4.39. The summed E-state index contributed by atoms with van der Waals surface area (Å²) in [7, 11) is 1.27. The van der Waals surface area contributed by atoms with Crippen LogP contribution >= 0.6 is 43.5 Å². The number of ether oxygens (including phenoxy) is 4. The number of rotatable bonds is 13. The smallest absolute Gasteiger partial charge is 0.337 e. The molecule has 11 nitrogen and oxygen atoms in total. The zero-order valence-corrected chi connectivity index (χ0v) is 28.5. The van der Waals surface area contributed by atoms with Crippen molar-refractivity contribution in [1.82, 2.24) is 16.1 Å². The van der Waals surface area contributed by atoms with Gasteiger partial charge in [0.2, 0.25) is 0 Å². The summed E-state index contributed by atoms with van der Waals surface area (Å²) in [5.41, 5.74) is 5.54. The molecule has 0 saturated heterocycles. The predicted octanol–water partition coefficient (Wildman–Crippen LogP) is 5.96. The van der Waals surface area contributed by atoms with E-state index in [0.29, 0.717) is 55.7 Å². The standard InChI is InChI=1S/C31H31Br2ClN4O7/c1-4-43-25-13-20(28-27(30(40)42-3)17(2)36-31(41)37-28)8-9-24(25)44-16-26(39)38-35-14-19-11-22(32)29(23(33)12-19)45-15-18-6-5-7-21(34)10-18/h5-14,26,28,38-39H,4,15-16H2,1-3H3,(H2,36,37,41)/b35-14+/t26-,28-/m0/s1. The average Bonchev–Trinajstić information content (AvgIpc) is 2.99. The molecule has 2 atom stereocenters. The molecule has 45 heavy (non-hydrogen) atoms. The zero-order valence-electron chi connectivity index (χ0n) is 24.5. The van der Waals surface area contributed by atoms with E-state index in [1.54, 1.807) is 37.4 Å². The maximum atomic E-state index is 12.4. The van der Waals surface area contributed by atoms with Crippen LogP contribution < -0.4 is 30.3 Å². The molecule has 4 N–H and O–H groups in total. The summed E-state index contributed by atoms with van der Waals surface area (Å²) in [6, 6.07) is 14.9. The third-order valence-electron chi connectivity index (χ3n) is 6.40. The van der Waals surface area contributed by atoms with Crippen molar-refractivity contribution < 1.29 is 33.6 Å². The van der Waals surface area contributed by atoms with Gasteiger partial charge in [0.05, 0.1) is 40.5 Å². The van der Waals surface area contributed by atoms with E-state index >= 15 is 0 Å². The number of hydrogen-bond acceptors (Lipinski definition) is 9. The average molecular weight is 767 g/mol. The fraction of sp³-hybridized carbons (Fsp3) is 0.258. The topological polar surface area (TPSA) is 140 Å². The van der Waals surface area contributed by atoms with E-state index in [2.05, 4.69) is 53.0 Å². The number of aliphatic hydroxyl groups is 1. The highest BCUT2D eigenvalue weighted by Gasteiger charge is 2.32. The van der Waals surface area contributed by atoms with Crippen LogP contribution in [0.15, 0.2) is 79.9 Å². The van der Waals surface area contributed by atoms with E-state index in [-0.39, 0.29) is 12.2 Å². The van der Waals surface area contributed by atoms with Crippen LogP contribution in [0.2, 0.25) is 5.02 Å². The van der Waals surface area contributed by atoms with Gasteiger partial charge in [0.15, 0.2) is 17.7 Å². The number of allylic oxidation sites excluding steroid dienone is 1. The van der Waals surface area contributed by atoms with E-state index < -0.39 is 24.3 Å². The highest BCUT2D eigenvalue weighted by molar-refractivity contribution is 9.11. The molecular formula is C31H31Br2ClN4O7. The molecule has 1 aliphatic heterocycles. The Balaban J connectivity index is 1.37. The van der Waals surface area contributed by atoms with Crippen molar-refractivity contribution in [3.05, 3.63) is 96.5 Å². The lowest BCUT2D eigenvalue weighted by Crippen LogP contribution is -2.45. The summed E-state index contributed by atoms with van der Waals surface area (Å²) >= 11 is 13.1. The normalized spacial score (nSPS) is 15.3. The maximum absolute atomic E-state index is 12.4. The van der Waals surface area contributed by atoms with Crippen LogP contribution in [0.3, 0.4) is 0 Å². The van der Waals surface area contributed by atoms with Crippen LogP contribution in [0, 0.1) is 0 Å². The van der Waals surface area contributed by atoms with E-state index in [4.69, 9.17) is 30.5 Å². The van der Waals surface area contributed by atoms with Crippen molar-refractivity contribution in [3.8, 4) is 17.2 Å². The minimum atomic E-state index is -1.15. The number of hydrazone groups is 1. The van der Waals surface area contributed by atoms with Crippen molar-refractivity contribution in [2.45, 2.75) is 32.7 Å². The largest absolute Gasteiger partial charge is 0.490 e. The fourth-order valence-corrected chi connectivity index (χ4v) is 6.06. The van der Waals surface area contributed by atoms with Crippen LogP contribution in [0.25, 0.3) is 0 Å². The molecule has 1 aliphatic rings. The van der Waals surface area contributed by atoms with Gasteiger partial charge < -0.3 is 34.7 Å². The number of nitrogens with one attached hydrogen (secondary N) is 3. The van der Waals surface area contributed by atoms with Crippen LogP contribution in [0.4, 0.5) is 4.79 Å². The van der Waals surface area contributed by atoms with E-state index in [1.807, 2.05) is 37.3 Å². The van der Waals surface area contributed by atoms with Crippen molar-refractivity contribution in [1.29, 1.82) is 0 Å². The summed E-state index contributed by atoms with van der Waals surface area (Å²) in [6.07, 6.45) is 0.393. The first-order valence-electron chi connectivity index (χ1n) is 13.7. The lowest BCUT2D eigenvalue weighted by molar-refractivity contribution is -0.136. The van der Waals surface area contributed by atoms with Crippen molar-refractivity contribution in [2.24, 2.45) is 5.10 Å². The molecule has 238 valence electrons. The molecule has 1 heterocycles. The number of hydrogen-bond donors (Lipinski definition) is 4. The Bertz CT molecular complexity index is 1600. The maximum Gasteiger partial charge on any atom is 0.337 e. The lowest BCUT2D eigenvalue weighted by Gasteiger charge is -2.28. The number of amides is 2. The second kappa shape index (κ2) is 16.0. The number of benzene rings is 3. The van der Waals surface area contributed by atoms with Crippen LogP contribution in [-0.2, 0) is 16.1 Å². The molecule has 3 aromatic carbocycles. The predicted molar refractivity (Wildman–Crippen MR) is 177 cm³/mol. The van der Waals surface area contributed by atoms with Gasteiger partial charge in [0.1, 0.15) is 19.0 Å². The molecule has 0 fully saturated rings. The minimum absolute atomic E-state index is 0.156. The van der Waals surface area contributed by atoms with Gasteiger partial charge >= 0.3 is 12.0 Å². The Kier molecular flexibility index (Phi) is 12.1. The van der Waals surface area contributed by atoms with Crippen molar-refractivity contribution in [2.75, 3.05) is 20.3 Å². The number of methoxy groups -OCH3 is 1. The van der Waals surface area contributed by atoms with E-state index in [9.17, 15) is 14.7 Å². The summed E-state index contributed by atoms with van der Waals surface area (Å²) < 4.78 is 23.9. The molecule has 0 bridgehead atoms. The number of urea groups is 1. The molecule has 4 rings (SSSR count). The quantitative estimate of drug-likeness (QED) is 0.0724. The number of esters is 1. The molecule has 0 aromatic heterocycles. The van der Waals surface area contributed by atoms with Crippen molar-refractivity contribution >= 4 is 61.7 Å². The highest BCUT2D eigenvalue weighted by atomic mass is 79.9. The first-order valence-corrected chi connectivity index (χ1v) is 15.6. The molecule has 0 saturated carbocycles. The monoisotopic (exact) mass is 764 g/mol. The number of aliphatic hydroxyl groups excluding tert-OH is 1. The Morgan fingerprint density at radius 3 is 2.56 bits per heavy atom. The van der Waals surface area contributed by atoms with Crippen molar-refractivity contribution in [3.63, 3.8) is 0 Å². The van der Waals surface area contributed by atoms with E-state index in [1.165, 1.54) is 7.11 Å².